The summed E-state index contributed by atoms with van der Waals surface area (Å²) in [4.78, 5) is 5.55. The molecule has 2 aromatic heterocycles. The predicted molar refractivity (Wildman–Crippen MR) is 75.2 cm³/mol. The van der Waals surface area contributed by atoms with Crippen molar-refractivity contribution in [3.05, 3.63) is 46.7 Å². The summed E-state index contributed by atoms with van der Waals surface area (Å²) in [6.07, 6.45) is 1.80. The highest BCUT2D eigenvalue weighted by Crippen LogP contribution is 2.25. The zero-order valence-corrected chi connectivity index (χ0v) is 10.5. The number of rotatable bonds is 3. The van der Waals surface area contributed by atoms with E-state index in [0.717, 1.165) is 15.5 Å². The van der Waals surface area contributed by atoms with E-state index in [4.69, 9.17) is 0 Å². The number of para-hydroxylation sites is 1. The summed E-state index contributed by atoms with van der Waals surface area (Å²) >= 11 is 3.26. The Labute approximate surface area is 106 Å². The maximum absolute atomic E-state index is 4.43. The van der Waals surface area contributed by atoms with E-state index in [0.29, 0.717) is 0 Å². The number of thiophene rings is 1. The van der Waals surface area contributed by atoms with Gasteiger partial charge in [0.1, 0.15) is 0 Å². The lowest BCUT2D eigenvalue weighted by Gasteiger charge is -1.90. The van der Waals surface area contributed by atoms with Gasteiger partial charge in [-0.05, 0) is 23.6 Å². The van der Waals surface area contributed by atoms with Crippen molar-refractivity contribution in [1.29, 1.82) is 0 Å². The first-order valence-corrected chi connectivity index (χ1v) is 6.79. The predicted octanol–water partition coefficient (Wildman–Crippen LogP) is 3.80. The lowest BCUT2D eigenvalue weighted by Crippen LogP contribution is -1.87. The Kier molecular flexibility index (Phi) is 2.85. The average molecular weight is 259 g/mol. The molecule has 0 amide bonds. The summed E-state index contributed by atoms with van der Waals surface area (Å²) in [5.41, 5.74) is 3.96. The topological polar surface area (TPSA) is 37.3 Å². The Morgan fingerprint density at radius 3 is 2.94 bits per heavy atom. The molecule has 3 nitrogen and oxygen atoms in total. The first-order valence-electron chi connectivity index (χ1n) is 5.10. The van der Waals surface area contributed by atoms with Gasteiger partial charge in [-0.2, -0.15) is 5.10 Å². The molecule has 0 atom stereocenters. The van der Waals surface area contributed by atoms with Crippen LogP contribution in [0.2, 0.25) is 0 Å². The molecule has 0 spiro atoms. The normalized spacial score (nSPS) is 11.3. The van der Waals surface area contributed by atoms with Gasteiger partial charge in [-0.3, -0.25) is 5.43 Å². The number of anilines is 1. The number of hydrogen-bond donors (Lipinski definition) is 1. The Bertz CT molecular complexity index is 608. The molecule has 3 rings (SSSR count). The molecular weight excluding hydrogens is 250 g/mol. The van der Waals surface area contributed by atoms with Crippen molar-refractivity contribution in [3.63, 3.8) is 0 Å². The molecular formula is C12H9N3S2. The zero-order valence-electron chi connectivity index (χ0n) is 8.83. The fourth-order valence-electron chi connectivity index (χ4n) is 1.44. The molecule has 0 fully saturated rings. The van der Waals surface area contributed by atoms with Gasteiger partial charge in [0.15, 0.2) is 0 Å². The molecule has 5 heteroatoms. The molecule has 1 aromatic carbocycles. The van der Waals surface area contributed by atoms with Gasteiger partial charge in [0.25, 0.3) is 0 Å². The maximum atomic E-state index is 4.43. The van der Waals surface area contributed by atoms with Crippen LogP contribution in [-0.4, -0.2) is 11.2 Å². The van der Waals surface area contributed by atoms with E-state index in [9.17, 15) is 0 Å². The van der Waals surface area contributed by atoms with Crippen molar-refractivity contribution in [2.75, 3.05) is 5.43 Å². The second kappa shape index (κ2) is 4.65. The molecule has 0 aliphatic heterocycles. The van der Waals surface area contributed by atoms with Crippen LogP contribution >= 0.6 is 22.7 Å². The van der Waals surface area contributed by atoms with Gasteiger partial charge < -0.3 is 0 Å². The highest BCUT2D eigenvalue weighted by molar-refractivity contribution is 7.22. The lowest BCUT2D eigenvalue weighted by molar-refractivity contribution is 1.31. The fourth-order valence-corrected chi connectivity index (χ4v) is 2.84. The van der Waals surface area contributed by atoms with Gasteiger partial charge in [-0.25, -0.2) is 4.98 Å². The average Bonchev–Trinajstić information content (AvgIpc) is 2.96. The SMILES string of the molecule is C(=N/Nc1nc2ccccc2s1)/c1cccs1. The van der Waals surface area contributed by atoms with E-state index in [1.54, 1.807) is 28.9 Å². The molecule has 0 aliphatic carbocycles. The number of thiazole rings is 1. The number of hydrogen-bond acceptors (Lipinski definition) is 5. The lowest BCUT2D eigenvalue weighted by atomic mass is 10.3. The molecule has 0 unspecified atom stereocenters. The Hall–Kier alpha value is -1.72. The summed E-state index contributed by atoms with van der Waals surface area (Å²) in [6, 6.07) is 12.1. The first-order chi connectivity index (χ1) is 8.42. The number of fused-ring (bicyclic) bond motifs is 1. The third-order valence-corrected chi connectivity index (χ3v) is 3.94. The van der Waals surface area contributed by atoms with Gasteiger partial charge in [-0.1, -0.05) is 29.5 Å². The minimum Gasteiger partial charge on any atom is -0.253 e. The quantitative estimate of drug-likeness (QED) is 0.573. The van der Waals surface area contributed by atoms with E-state index < -0.39 is 0 Å². The van der Waals surface area contributed by atoms with Crippen molar-refractivity contribution < 1.29 is 0 Å². The van der Waals surface area contributed by atoms with E-state index in [2.05, 4.69) is 21.6 Å². The highest BCUT2D eigenvalue weighted by atomic mass is 32.1. The zero-order chi connectivity index (χ0) is 11.5. The molecule has 3 aromatic rings. The standard InChI is InChI=1S/C12H9N3S2/c1-2-6-11-10(5-1)14-12(17-11)15-13-8-9-4-3-7-16-9/h1-8H,(H,14,15)/b13-8-. The number of hydrazone groups is 1. The van der Waals surface area contributed by atoms with Crippen LogP contribution in [0.25, 0.3) is 10.2 Å². The second-order valence-corrected chi connectivity index (χ2v) is 5.38. The van der Waals surface area contributed by atoms with Crippen molar-refractivity contribution in [1.82, 2.24) is 4.98 Å². The van der Waals surface area contributed by atoms with E-state index in [1.807, 2.05) is 35.7 Å². The molecule has 0 bridgehead atoms. The molecule has 0 radical (unpaired) electrons. The van der Waals surface area contributed by atoms with E-state index in [1.165, 1.54) is 4.70 Å². The van der Waals surface area contributed by atoms with Gasteiger partial charge in [0.05, 0.1) is 16.4 Å². The van der Waals surface area contributed by atoms with Crippen LogP contribution in [0.4, 0.5) is 5.13 Å². The van der Waals surface area contributed by atoms with Crippen LogP contribution in [0, 0.1) is 0 Å². The summed E-state index contributed by atoms with van der Waals surface area (Å²) < 4.78 is 1.17. The summed E-state index contributed by atoms with van der Waals surface area (Å²) in [6.45, 7) is 0. The van der Waals surface area contributed by atoms with Crippen molar-refractivity contribution in [2.24, 2.45) is 5.10 Å². The molecule has 1 N–H and O–H groups in total. The molecule has 0 aliphatic rings. The molecule has 2 heterocycles. The number of benzene rings is 1. The first kappa shape index (κ1) is 10.4. The third-order valence-electron chi connectivity index (χ3n) is 2.19. The van der Waals surface area contributed by atoms with Crippen LogP contribution in [0.5, 0.6) is 0 Å². The number of nitrogens with zero attached hydrogens (tertiary/aromatic N) is 2. The van der Waals surface area contributed by atoms with Gasteiger partial charge in [0.2, 0.25) is 5.13 Å². The smallest absolute Gasteiger partial charge is 0.204 e. The Balaban J connectivity index is 1.77. The molecule has 0 saturated heterocycles. The second-order valence-electron chi connectivity index (χ2n) is 3.37. The molecule has 0 saturated carbocycles. The minimum atomic E-state index is 0.819. The van der Waals surface area contributed by atoms with E-state index in [-0.39, 0.29) is 0 Å². The number of nitrogens with one attached hydrogen (secondary N) is 1. The Morgan fingerprint density at radius 2 is 2.12 bits per heavy atom. The Morgan fingerprint density at radius 1 is 1.18 bits per heavy atom. The van der Waals surface area contributed by atoms with Crippen LogP contribution in [0.15, 0.2) is 46.9 Å². The summed E-state index contributed by atoms with van der Waals surface area (Å²) in [7, 11) is 0. The van der Waals surface area contributed by atoms with E-state index >= 15 is 0 Å². The monoisotopic (exact) mass is 259 g/mol. The number of aromatic nitrogens is 1. The largest absolute Gasteiger partial charge is 0.253 e. The molecule has 17 heavy (non-hydrogen) atoms. The van der Waals surface area contributed by atoms with Crippen LogP contribution < -0.4 is 5.43 Å². The van der Waals surface area contributed by atoms with Crippen LogP contribution in [0.3, 0.4) is 0 Å². The third kappa shape index (κ3) is 2.35. The highest BCUT2D eigenvalue weighted by Gasteiger charge is 2.00. The van der Waals surface area contributed by atoms with Crippen LogP contribution in [-0.2, 0) is 0 Å². The summed E-state index contributed by atoms with van der Waals surface area (Å²) in [5, 5.41) is 7.01. The van der Waals surface area contributed by atoms with Gasteiger partial charge >= 0.3 is 0 Å². The van der Waals surface area contributed by atoms with Crippen molar-refractivity contribution in [3.8, 4) is 0 Å². The summed E-state index contributed by atoms with van der Waals surface area (Å²) in [5.74, 6) is 0. The molecule has 84 valence electrons. The maximum Gasteiger partial charge on any atom is 0.204 e. The fraction of sp³-hybridized carbons (Fsp3) is 0. The van der Waals surface area contributed by atoms with Crippen molar-refractivity contribution in [2.45, 2.75) is 0 Å². The van der Waals surface area contributed by atoms with Crippen molar-refractivity contribution >= 4 is 44.2 Å². The van der Waals surface area contributed by atoms with Gasteiger partial charge in [-0.15, -0.1) is 11.3 Å². The van der Waals surface area contributed by atoms with Crippen LogP contribution in [0.1, 0.15) is 4.88 Å². The minimum absolute atomic E-state index is 0.819. The van der Waals surface area contributed by atoms with Gasteiger partial charge in [0, 0.05) is 4.88 Å².